The predicted octanol–water partition coefficient (Wildman–Crippen LogP) is 1.21. The number of ether oxygens (including phenoxy) is 2. The zero-order valence-corrected chi connectivity index (χ0v) is 12.3. The smallest absolute Gasteiger partial charge is 0.324 e. The van der Waals surface area contributed by atoms with Gasteiger partial charge in [0.2, 0.25) is 5.95 Å². The number of nitrogens with zero attached hydrogens (tertiary/aromatic N) is 3. The molecule has 20 heavy (non-hydrogen) atoms. The highest BCUT2D eigenvalue weighted by Gasteiger charge is 2.33. The minimum absolute atomic E-state index is 0.149. The first kappa shape index (κ1) is 14.8. The monoisotopic (exact) mass is 281 g/mol. The molecule has 1 aliphatic carbocycles. The number of aromatic nitrogens is 3. The maximum absolute atomic E-state index is 5.98. The van der Waals surface area contributed by atoms with Gasteiger partial charge in [-0.15, -0.1) is 4.98 Å². The van der Waals surface area contributed by atoms with Gasteiger partial charge in [-0.3, -0.25) is 0 Å². The minimum Gasteiger partial charge on any atom is -0.467 e. The van der Waals surface area contributed by atoms with Gasteiger partial charge in [-0.2, -0.15) is 9.97 Å². The van der Waals surface area contributed by atoms with E-state index in [0.717, 1.165) is 31.6 Å². The lowest BCUT2D eigenvalue weighted by atomic mass is 9.77. The molecule has 0 unspecified atom stereocenters. The average molecular weight is 281 g/mol. The number of nitrogens with two attached hydrogens (primary N) is 1. The third kappa shape index (κ3) is 3.27. The van der Waals surface area contributed by atoms with Crippen molar-refractivity contribution in [2.45, 2.75) is 38.1 Å². The van der Waals surface area contributed by atoms with Gasteiger partial charge in [0.1, 0.15) is 0 Å². The van der Waals surface area contributed by atoms with Crippen molar-refractivity contribution in [2.24, 2.45) is 11.7 Å². The largest absolute Gasteiger partial charge is 0.467 e. The first-order valence-corrected chi connectivity index (χ1v) is 6.93. The summed E-state index contributed by atoms with van der Waals surface area (Å²) in [7, 11) is 3.03. The Bertz CT molecular complexity index is 424. The molecule has 0 spiro atoms. The molecule has 7 nitrogen and oxygen atoms in total. The first-order chi connectivity index (χ1) is 9.60. The van der Waals surface area contributed by atoms with Crippen LogP contribution in [-0.2, 0) is 0 Å². The molecule has 1 heterocycles. The Morgan fingerprint density at radius 2 is 1.70 bits per heavy atom. The standard InChI is InChI=1S/C13H23N5O2/c1-9-4-6-13(8-14,7-5-9)18-10-15-11(19-2)17-12(16-10)20-3/h9H,4-8,14H2,1-3H3,(H,15,16,17,18). The van der Waals surface area contributed by atoms with Crippen molar-refractivity contribution in [3.05, 3.63) is 0 Å². The number of nitrogens with one attached hydrogen (secondary N) is 1. The molecule has 1 aromatic heterocycles. The van der Waals surface area contributed by atoms with E-state index in [4.69, 9.17) is 15.2 Å². The van der Waals surface area contributed by atoms with E-state index in [1.165, 1.54) is 14.2 Å². The number of rotatable bonds is 5. The van der Waals surface area contributed by atoms with Gasteiger partial charge < -0.3 is 20.5 Å². The van der Waals surface area contributed by atoms with Crippen molar-refractivity contribution in [3.8, 4) is 12.0 Å². The second kappa shape index (κ2) is 6.21. The van der Waals surface area contributed by atoms with E-state index >= 15 is 0 Å². The molecule has 2 rings (SSSR count). The average Bonchev–Trinajstić information content (AvgIpc) is 2.49. The van der Waals surface area contributed by atoms with Crippen molar-refractivity contribution in [1.82, 2.24) is 15.0 Å². The van der Waals surface area contributed by atoms with E-state index in [-0.39, 0.29) is 17.6 Å². The van der Waals surface area contributed by atoms with Crippen LogP contribution in [0.15, 0.2) is 0 Å². The van der Waals surface area contributed by atoms with Gasteiger partial charge in [0.15, 0.2) is 0 Å². The van der Waals surface area contributed by atoms with Crippen LogP contribution in [0.1, 0.15) is 32.6 Å². The van der Waals surface area contributed by atoms with E-state index < -0.39 is 0 Å². The Morgan fingerprint density at radius 3 is 2.15 bits per heavy atom. The lowest BCUT2D eigenvalue weighted by Gasteiger charge is -2.39. The molecule has 0 bridgehead atoms. The Kier molecular flexibility index (Phi) is 4.59. The number of anilines is 1. The Hall–Kier alpha value is -1.63. The van der Waals surface area contributed by atoms with Crippen LogP contribution in [0.4, 0.5) is 5.95 Å². The fourth-order valence-corrected chi connectivity index (χ4v) is 2.51. The van der Waals surface area contributed by atoms with E-state index in [2.05, 4.69) is 27.2 Å². The highest BCUT2D eigenvalue weighted by molar-refractivity contribution is 5.32. The van der Waals surface area contributed by atoms with Crippen molar-refractivity contribution in [3.63, 3.8) is 0 Å². The van der Waals surface area contributed by atoms with Gasteiger partial charge >= 0.3 is 12.0 Å². The van der Waals surface area contributed by atoms with Crippen molar-refractivity contribution in [2.75, 3.05) is 26.1 Å². The number of hydrogen-bond donors (Lipinski definition) is 2. The zero-order chi connectivity index (χ0) is 14.6. The summed E-state index contributed by atoms with van der Waals surface area (Å²) in [5.41, 5.74) is 5.83. The Morgan fingerprint density at radius 1 is 1.15 bits per heavy atom. The molecule has 3 N–H and O–H groups in total. The van der Waals surface area contributed by atoms with Crippen LogP contribution >= 0.6 is 0 Å². The van der Waals surface area contributed by atoms with Gasteiger partial charge in [-0.1, -0.05) is 6.92 Å². The molecule has 0 saturated heterocycles. The van der Waals surface area contributed by atoms with Crippen LogP contribution in [0.5, 0.6) is 12.0 Å². The van der Waals surface area contributed by atoms with Gasteiger partial charge in [-0.25, -0.2) is 0 Å². The van der Waals surface area contributed by atoms with Gasteiger partial charge in [0.25, 0.3) is 0 Å². The summed E-state index contributed by atoms with van der Waals surface area (Å²) in [6, 6.07) is 0.464. The summed E-state index contributed by atoms with van der Waals surface area (Å²) >= 11 is 0. The van der Waals surface area contributed by atoms with Crippen LogP contribution in [0.3, 0.4) is 0 Å². The summed E-state index contributed by atoms with van der Waals surface area (Å²) in [5, 5.41) is 3.37. The summed E-state index contributed by atoms with van der Waals surface area (Å²) < 4.78 is 10.1. The molecule has 7 heteroatoms. The second-order valence-corrected chi connectivity index (χ2v) is 5.42. The predicted molar refractivity (Wildman–Crippen MR) is 76.0 cm³/mol. The minimum atomic E-state index is -0.149. The third-order valence-corrected chi connectivity index (χ3v) is 3.96. The van der Waals surface area contributed by atoms with Gasteiger partial charge in [0, 0.05) is 6.54 Å². The Labute approximate surface area is 119 Å². The summed E-state index contributed by atoms with van der Waals surface area (Å²) in [5.74, 6) is 1.20. The molecular weight excluding hydrogens is 258 g/mol. The molecule has 0 radical (unpaired) electrons. The van der Waals surface area contributed by atoms with Crippen molar-refractivity contribution < 1.29 is 9.47 Å². The van der Waals surface area contributed by atoms with Crippen LogP contribution in [0.25, 0.3) is 0 Å². The van der Waals surface area contributed by atoms with E-state index in [1.54, 1.807) is 0 Å². The molecule has 0 aromatic carbocycles. The normalized spacial score (nSPS) is 26.1. The maximum Gasteiger partial charge on any atom is 0.324 e. The van der Waals surface area contributed by atoms with Gasteiger partial charge in [-0.05, 0) is 31.6 Å². The van der Waals surface area contributed by atoms with Crippen molar-refractivity contribution >= 4 is 5.95 Å². The van der Waals surface area contributed by atoms with Crippen LogP contribution in [-0.4, -0.2) is 41.3 Å². The van der Waals surface area contributed by atoms with Gasteiger partial charge in [0.05, 0.1) is 19.8 Å². The molecule has 1 aromatic rings. The quantitative estimate of drug-likeness (QED) is 0.837. The maximum atomic E-state index is 5.98. The topological polar surface area (TPSA) is 95.2 Å². The lowest BCUT2D eigenvalue weighted by molar-refractivity contribution is 0.269. The van der Waals surface area contributed by atoms with E-state index in [9.17, 15) is 0 Å². The molecule has 1 fully saturated rings. The molecule has 1 saturated carbocycles. The highest BCUT2D eigenvalue weighted by atomic mass is 16.5. The lowest BCUT2D eigenvalue weighted by Crippen LogP contribution is -2.48. The first-order valence-electron chi connectivity index (χ1n) is 6.93. The fraction of sp³-hybridized carbons (Fsp3) is 0.769. The summed E-state index contributed by atoms with van der Waals surface area (Å²) in [6.07, 6.45) is 4.34. The molecule has 0 amide bonds. The molecule has 112 valence electrons. The molecule has 0 aliphatic heterocycles. The SMILES string of the molecule is COc1nc(NC2(CN)CCC(C)CC2)nc(OC)n1. The van der Waals surface area contributed by atoms with Crippen LogP contribution in [0.2, 0.25) is 0 Å². The van der Waals surface area contributed by atoms with Crippen molar-refractivity contribution in [1.29, 1.82) is 0 Å². The fourth-order valence-electron chi connectivity index (χ4n) is 2.51. The zero-order valence-electron chi connectivity index (χ0n) is 12.3. The second-order valence-electron chi connectivity index (χ2n) is 5.42. The molecular formula is C13H23N5O2. The highest BCUT2D eigenvalue weighted by Crippen LogP contribution is 2.33. The number of methoxy groups -OCH3 is 2. The third-order valence-electron chi connectivity index (χ3n) is 3.96. The van der Waals surface area contributed by atoms with E-state index in [0.29, 0.717) is 12.5 Å². The Balaban J connectivity index is 2.18. The van der Waals surface area contributed by atoms with Crippen LogP contribution < -0.4 is 20.5 Å². The van der Waals surface area contributed by atoms with Crippen LogP contribution in [0, 0.1) is 5.92 Å². The molecule has 1 aliphatic rings. The summed E-state index contributed by atoms with van der Waals surface area (Å²) in [4.78, 5) is 12.4. The molecule has 0 atom stereocenters. The summed E-state index contributed by atoms with van der Waals surface area (Å²) in [6.45, 7) is 2.82. The number of hydrogen-bond acceptors (Lipinski definition) is 7. The van der Waals surface area contributed by atoms with E-state index in [1.807, 2.05) is 0 Å².